The molecular weight excluding hydrogens is 268 g/mol. The zero-order valence-electron chi connectivity index (χ0n) is 11.8. The molecule has 1 atom stereocenters. The minimum absolute atomic E-state index is 0.299. The number of hydrogen-bond donors (Lipinski definition) is 1. The van der Waals surface area contributed by atoms with Gasteiger partial charge in [-0.1, -0.05) is 25.7 Å². The molecule has 0 saturated heterocycles. The highest BCUT2D eigenvalue weighted by atomic mass is 32.1. The van der Waals surface area contributed by atoms with Crippen molar-refractivity contribution in [3.8, 4) is 0 Å². The Labute approximate surface area is 123 Å². The van der Waals surface area contributed by atoms with Crippen LogP contribution in [0.5, 0.6) is 0 Å². The Morgan fingerprint density at radius 2 is 1.90 bits per heavy atom. The van der Waals surface area contributed by atoms with Gasteiger partial charge in [0.1, 0.15) is 11.2 Å². The molecule has 0 bridgehead atoms. The Hall–Kier alpha value is -0.870. The Balaban J connectivity index is 1.71. The van der Waals surface area contributed by atoms with Gasteiger partial charge in [-0.2, -0.15) is 0 Å². The molecule has 108 valence electrons. The smallest absolute Gasteiger partial charge is 0.120 e. The second-order valence-corrected chi connectivity index (χ2v) is 7.49. The third kappa shape index (κ3) is 2.19. The largest absolute Gasteiger partial charge is 0.387 e. The van der Waals surface area contributed by atoms with Crippen molar-refractivity contribution in [1.82, 2.24) is 9.38 Å². The van der Waals surface area contributed by atoms with Crippen LogP contribution in [0.25, 0.3) is 4.83 Å². The SMILES string of the molecule is OC(c1c(C2CC2)sc2cncn12)C1CCCCCC1. The van der Waals surface area contributed by atoms with E-state index in [1.165, 1.54) is 61.1 Å². The number of thiazole rings is 1. The molecule has 2 heterocycles. The van der Waals surface area contributed by atoms with E-state index in [-0.39, 0.29) is 6.10 Å². The van der Waals surface area contributed by atoms with Gasteiger partial charge in [0.15, 0.2) is 0 Å². The van der Waals surface area contributed by atoms with Crippen molar-refractivity contribution in [3.05, 3.63) is 23.1 Å². The number of aliphatic hydroxyl groups is 1. The van der Waals surface area contributed by atoms with Gasteiger partial charge in [-0.05, 0) is 37.5 Å². The molecular formula is C16H22N2OS. The lowest BCUT2D eigenvalue weighted by molar-refractivity contribution is 0.0934. The summed E-state index contributed by atoms with van der Waals surface area (Å²) in [6, 6.07) is 0. The van der Waals surface area contributed by atoms with Crippen LogP contribution in [0.15, 0.2) is 12.5 Å². The topological polar surface area (TPSA) is 37.5 Å². The van der Waals surface area contributed by atoms with Crippen LogP contribution < -0.4 is 0 Å². The minimum Gasteiger partial charge on any atom is -0.387 e. The van der Waals surface area contributed by atoms with E-state index < -0.39 is 0 Å². The highest BCUT2D eigenvalue weighted by Crippen LogP contribution is 2.48. The standard InChI is InChI=1S/C16H22N2OS/c19-15(11-5-3-1-2-4-6-11)14-16(12-7-8-12)20-13-9-17-10-18(13)14/h9-12,15,19H,1-8H2. The zero-order chi connectivity index (χ0) is 13.5. The summed E-state index contributed by atoms with van der Waals surface area (Å²) in [7, 11) is 0. The molecule has 0 amide bonds. The number of aliphatic hydroxyl groups excluding tert-OH is 1. The maximum absolute atomic E-state index is 11.0. The van der Waals surface area contributed by atoms with Gasteiger partial charge in [0.2, 0.25) is 0 Å². The highest BCUT2D eigenvalue weighted by molar-refractivity contribution is 7.17. The predicted molar refractivity (Wildman–Crippen MR) is 81.2 cm³/mol. The van der Waals surface area contributed by atoms with Gasteiger partial charge in [0.05, 0.1) is 18.0 Å². The quantitative estimate of drug-likeness (QED) is 0.857. The number of fused-ring (bicyclic) bond motifs is 1. The molecule has 0 radical (unpaired) electrons. The molecule has 2 aromatic heterocycles. The maximum Gasteiger partial charge on any atom is 0.120 e. The van der Waals surface area contributed by atoms with Crippen LogP contribution in [-0.2, 0) is 0 Å². The Morgan fingerprint density at radius 1 is 1.15 bits per heavy atom. The van der Waals surface area contributed by atoms with E-state index in [2.05, 4.69) is 9.38 Å². The molecule has 0 aromatic carbocycles. The van der Waals surface area contributed by atoms with Crippen LogP contribution in [0.3, 0.4) is 0 Å². The molecule has 2 saturated carbocycles. The van der Waals surface area contributed by atoms with Gasteiger partial charge in [0, 0.05) is 4.88 Å². The second kappa shape index (κ2) is 5.15. The minimum atomic E-state index is -0.299. The molecule has 20 heavy (non-hydrogen) atoms. The first-order valence-electron chi connectivity index (χ1n) is 7.97. The first kappa shape index (κ1) is 12.8. The lowest BCUT2D eigenvalue weighted by atomic mass is 9.91. The van der Waals surface area contributed by atoms with Crippen LogP contribution in [-0.4, -0.2) is 14.5 Å². The number of imidazole rings is 1. The van der Waals surface area contributed by atoms with Crippen molar-refractivity contribution in [3.63, 3.8) is 0 Å². The molecule has 3 nitrogen and oxygen atoms in total. The summed E-state index contributed by atoms with van der Waals surface area (Å²) in [6.07, 6.45) is 13.7. The van der Waals surface area contributed by atoms with Crippen molar-refractivity contribution >= 4 is 16.2 Å². The molecule has 2 aliphatic carbocycles. The average Bonchev–Trinajstić information content (AvgIpc) is 3.16. The number of nitrogens with zero attached hydrogens (tertiary/aromatic N) is 2. The summed E-state index contributed by atoms with van der Waals surface area (Å²) in [5.41, 5.74) is 1.16. The number of rotatable bonds is 3. The molecule has 0 spiro atoms. The Bertz CT molecular complexity index is 591. The number of aromatic nitrogens is 2. The van der Waals surface area contributed by atoms with Gasteiger partial charge in [-0.3, -0.25) is 4.40 Å². The van der Waals surface area contributed by atoms with Gasteiger partial charge in [-0.25, -0.2) is 4.98 Å². The maximum atomic E-state index is 11.0. The molecule has 0 aliphatic heterocycles. The molecule has 2 aromatic rings. The fourth-order valence-electron chi connectivity index (χ4n) is 3.60. The van der Waals surface area contributed by atoms with Crippen LogP contribution >= 0.6 is 11.3 Å². The van der Waals surface area contributed by atoms with Crippen molar-refractivity contribution in [2.45, 2.75) is 63.4 Å². The van der Waals surface area contributed by atoms with E-state index in [0.717, 1.165) is 5.69 Å². The van der Waals surface area contributed by atoms with Crippen LogP contribution in [0, 0.1) is 5.92 Å². The monoisotopic (exact) mass is 290 g/mol. The van der Waals surface area contributed by atoms with Crippen molar-refractivity contribution in [1.29, 1.82) is 0 Å². The normalized spacial score (nSPS) is 23.1. The predicted octanol–water partition coefficient (Wildman–Crippen LogP) is 4.28. The highest BCUT2D eigenvalue weighted by Gasteiger charge is 2.34. The summed E-state index contributed by atoms with van der Waals surface area (Å²) in [6.45, 7) is 0. The fourth-order valence-corrected chi connectivity index (χ4v) is 4.91. The lowest BCUT2D eigenvalue weighted by Gasteiger charge is -2.22. The van der Waals surface area contributed by atoms with Crippen LogP contribution in [0.2, 0.25) is 0 Å². The molecule has 2 fully saturated rings. The van der Waals surface area contributed by atoms with Gasteiger partial charge >= 0.3 is 0 Å². The Kier molecular flexibility index (Phi) is 3.31. The van der Waals surface area contributed by atoms with E-state index in [1.54, 1.807) is 0 Å². The van der Waals surface area contributed by atoms with E-state index in [9.17, 15) is 5.11 Å². The van der Waals surface area contributed by atoms with E-state index in [1.807, 2.05) is 23.9 Å². The van der Waals surface area contributed by atoms with Crippen molar-refractivity contribution in [2.24, 2.45) is 5.92 Å². The molecule has 4 rings (SSSR count). The first-order chi connectivity index (χ1) is 9.84. The van der Waals surface area contributed by atoms with Crippen molar-refractivity contribution in [2.75, 3.05) is 0 Å². The first-order valence-corrected chi connectivity index (χ1v) is 8.79. The fraction of sp³-hybridized carbons (Fsp3) is 0.688. The van der Waals surface area contributed by atoms with Gasteiger partial charge in [-0.15, -0.1) is 11.3 Å². The summed E-state index contributed by atoms with van der Waals surface area (Å²) >= 11 is 1.84. The lowest BCUT2D eigenvalue weighted by Crippen LogP contribution is -2.15. The van der Waals surface area contributed by atoms with Crippen LogP contribution in [0.1, 0.15) is 74.0 Å². The Morgan fingerprint density at radius 3 is 2.60 bits per heavy atom. The summed E-state index contributed by atoms with van der Waals surface area (Å²) < 4.78 is 2.15. The summed E-state index contributed by atoms with van der Waals surface area (Å²) in [4.78, 5) is 6.87. The van der Waals surface area contributed by atoms with E-state index >= 15 is 0 Å². The van der Waals surface area contributed by atoms with Crippen molar-refractivity contribution < 1.29 is 5.11 Å². The third-order valence-electron chi connectivity index (χ3n) is 4.91. The van der Waals surface area contributed by atoms with Gasteiger partial charge < -0.3 is 5.11 Å². The third-order valence-corrected chi connectivity index (χ3v) is 6.18. The average molecular weight is 290 g/mol. The molecule has 1 N–H and O–H groups in total. The van der Waals surface area contributed by atoms with Gasteiger partial charge in [0.25, 0.3) is 0 Å². The molecule has 1 unspecified atom stereocenters. The second-order valence-electron chi connectivity index (χ2n) is 6.42. The van der Waals surface area contributed by atoms with E-state index in [0.29, 0.717) is 11.8 Å². The molecule has 4 heteroatoms. The number of hydrogen-bond acceptors (Lipinski definition) is 3. The zero-order valence-corrected chi connectivity index (χ0v) is 12.6. The van der Waals surface area contributed by atoms with E-state index in [4.69, 9.17) is 0 Å². The van der Waals surface area contributed by atoms with Crippen LogP contribution in [0.4, 0.5) is 0 Å². The summed E-state index contributed by atoms with van der Waals surface area (Å²) in [5, 5.41) is 11.0. The molecule has 2 aliphatic rings. The summed E-state index contributed by atoms with van der Waals surface area (Å²) in [5.74, 6) is 1.14.